The summed E-state index contributed by atoms with van der Waals surface area (Å²) in [4.78, 5) is 22.7. The molecule has 0 saturated heterocycles. The van der Waals surface area contributed by atoms with Gasteiger partial charge in [0.15, 0.2) is 0 Å². The number of carboxylic acids is 1. The molecule has 1 rings (SSSR count). The van der Waals surface area contributed by atoms with Gasteiger partial charge in [0, 0.05) is 7.05 Å². The maximum atomic E-state index is 11.9. The highest BCUT2D eigenvalue weighted by Gasteiger charge is 2.52. The number of carbonyl (C=O) groups excluding carboxylic acids is 1. The van der Waals surface area contributed by atoms with Crippen LogP contribution in [-0.2, 0) is 4.79 Å². The molecule has 1 fully saturated rings. The van der Waals surface area contributed by atoms with E-state index in [4.69, 9.17) is 5.11 Å². The lowest BCUT2D eigenvalue weighted by atomic mass is 10.3. The first-order valence-electron chi connectivity index (χ1n) is 4.42. The van der Waals surface area contributed by atoms with Crippen molar-refractivity contribution in [2.45, 2.75) is 24.8 Å². The van der Waals surface area contributed by atoms with Gasteiger partial charge in [-0.1, -0.05) is 0 Å². The molecular weight excluding hydrogens is 210 g/mol. The van der Waals surface area contributed by atoms with Crippen LogP contribution in [0.2, 0.25) is 0 Å². The van der Waals surface area contributed by atoms with Crippen molar-refractivity contribution in [3.63, 3.8) is 0 Å². The molecule has 86 valence electrons. The topological polar surface area (TPSA) is 69.6 Å². The van der Waals surface area contributed by atoms with E-state index in [0.29, 0.717) is 12.8 Å². The third kappa shape index (κ3) is 2.77. The first-order chi connectivity index (χ1) is 6.87. The van der Waals surface area contributed by atoms with Gasteiger partial charge in [0.2, 0.25) is 0 Å². The molecule has 0 aromatic heterocycles. The van der Waals surface area contributed by atoms with Gasteiger partial charge >= 0.3 is 12.0 Å². The summed E-state index contributed by atoms with van der Waals surface area (Å²) in [5, 5.41) is 11.0. The highest BCUT2D eigenvalue weighted by molar-refractivity contribution is 5.88. The molecule has 0 spiro atoms. The van der Waals surface area contributed by atoms with Gasteiger partial charge in [-0.05, 0) is 12.8 Å². The fourth-order valence-electron chi connectivity index (χ4n) is 1.11. The highest BCUT2D eigenvalue weighted by atomic mass is 19.3. The lowest BCUT2D eigenvalue weighted by Gasteiger charge is -2.20. The van der Waals surface area contributed by atoms with Crippen molar-refractivity contribution >= 4 is 12.0 Å². The molecule has 0 aromatic rings. The predicted molar refractivity (Wildman–Crippen MR) is 46.8 cm³/mol. The van der Waals surface area contributed by atoms with E-state index in [-0.39, 0.29) is 0 Å². The number of nitrogens with one attached hydrogen (secondary N) is 1. The summed E-state index contributed by atoms with van der Waals surface area (Å²) in [5.41, 5.74) is -1.23. The van der Waals surface area contributed by atoms with E-state index < -0.39 is 30.5 Å². The van der Waals surface area contributed by atoms with Gasteiger partial charge in [0.1, 0.15) is 5.54 Å². The van der Waals surface area contributed by atoms with Gasteiger partial charge in [0.25, 0.3) is 6.43 Å². The second-order valence-electron chi connectivity index (χ2n) is 3.59. The minimum absolute atomic E-state index is 0.344. The van der Waals surface area contributed by atoms with E-state index in [1.54, 1.807) is 0 Å². The van der Waals surface area contributed by atoms with E-state index in [9.17, 15) is 18.4 Å². The van der Waals surface area contributed by atoms with Crippen LogP contribution in [0.1, 0.15) is 12.8 Å². The van der Waals surface area contributed by atoms with Crippen molar-refractivity contribution in [3.8, 4) is 0 Å². The molecule has 7 heteroatoms. The SMILES string of the molecule is CN(CC(F)F)C(=O)NC1(C(=O)O)CC1. The van der Waals surface area contributed by atoms with Crippen molar-refractivity contribution in [1.82, 2.24) is 10.2 Å². The summed E-state index contributed by atoms with van der Waals surface area (Å²) in [6.07, 6.45) is -1.94. The smallest absolute Gasteiger partial charge is 0.329 e. The molecule has 0 atom stereocenters. The number of alkyl halides is 2. The van der Waals surface area contributed by atoms with E-state index in [0.717, 1.165) is 4.90 Å². The van der Waals surface area contributed by atoms with Crippen molar-refractivity contribution in [1.29, 1.82) is 0 Å². The number of hydrogen-bond donors (Lipinski definition) is 2. The number of halogens is 2. The van der Waals surface area contributed by atoms with Crippen LogP contribution in [-0.4, -0.2) is 47.6 Å². The van der Waals surface area contributed by atoms with Crippen LogP contribution < -0.4 is 5.32 Å². The number of amides is 2. The molecular formula is C8H12F2N2O3. The Bertz CT molecular complexity index is 279. The second kappa shape index (κ2) is 4.00. The molecule has 1 aliphatic rings. The van der Waals surface area contributed by atoms with Gasteiger partial charge in [-0.2, -0.15) is 0 Å². The van der Waals surface area contributed by atoms with E-state index in [1.807, 2.05) is 0 Å². The molecule has 5 nitrogen and oxygen atoms in total. The Hall–Kier alpha value is -1.40. The zero-order chi connectivity index (χ0) is 11.6. The van der Waals surface area contributed by atoms with Crippen LogP contribution in [0.4, 0.5) is 13.6 Å². The van der Waals surface area contributed by atoms with Crippen LogP contribution in [0.25, 0.3) is 0 Å². The number of urea groups is 1. The number of nitrogens with zero attached hydrogens (tertiary/aromatic N) is 1. The maximum absolute atomic E-state index is 11.9. The standard InChI is InChI=1S/C8H12F2N2O3/c1-12(4-5(9)10)7(15)11-8(2-3-8)6(13)14/h5H,2-4H2,1H3,(H,11,15)(H,13,14). The zero-order valence-electron chi connectivity index (χ0n) is 8.17. The van der Waals surface area contributed by atoms with Gasteiger partial charge < -0.3 is 15.3 Å². The Balaban J connectivity index is 2.45. The van der Waals surface area contributed by atoms with E-state index in [1.165, 1.54) is 7.05 Å². The minimum Gasteiger partial charge on any atom is -0.480 e. The molecule has 0 unspecified atom stereocenters. The fraction of sp³-hybridized carbons (Fsp3) is 0.750. The van der Waals surface area contributed by atoms with Gasteiger partial charge in [0.05, 0.1) is 6.54 Å². The molecule has 2 N–H and O–H groups in total. The normalized spacial score (nSPS) is 17.3. The third-order valence-electron chi connectivity index (χ3n) is 2.26. The quantitative estimate of drug-likeness (QED) is 0.728. The highest BCUT2D eigenvalue weighted by Crippen LogP contribution is 2.35. The van der Waals surface area contributed by atoms with Crippen LogP contribution in [0.15, 0.2) is 0 Å². The van der Waals surface area contributed by atoms with Crippen LogP contribution in [0.3, 0.4) is 0 Å². The lowest BCUT2D eigenvalue weighted by Crippen LogP contribution is -2.49. The van der Waals surface area contributed by atoms with Crippen molar-refractivity contribution in [3.05, 3.63) is 0 Å². The van der Waals surface area contributed by atoms with Crippen LogP contribution >= 0.6 is 0 Å². The Labute approximate surface area is 85.0 Å². The Kier molecular flexibility index (Phi) is 3.11. The summed E-state index contributed by atoms with van der Waals surface area (Å²) < 4.78 is 23.8. The second-order valence-corrected chi connectivity index (χ2v) is 3.59. The number of aliphatic carboxylic acids is 1. The number of carboxylic acid groups (broad SMARTS) is 1. The molecule has 0 radical (unpaired) electrons. The van der Waals surface area contributed by atoms with E-state index in [2.05, 4.69) is 5.32 Å². The van der Waals surface area contributed by atoms with Gasteiger partial charge in [-0.25, -0.2) is 18.4 Å². The maximum Gasteiger partial charge on any atom is 0.329 e. The monoisotopic (exact) mass is 222 g/mol. The third-order valence-corrected chi connectivity index (χ3v) is 2.26. The van der Waals surface area contributed by atoms with Gasteiger partial charge in [-0.15, -0.1) is 0 Å². The summed E-state index contributed by atoms with van der Waals surface area (Å²) in [7, 11) is 1.19. The average molecular weight is 222 g/mol. The van der Waals surface area contributed by atoms with Crippen molar-refractivity contribution < 1.29 is 23.5 Å². The number of carbonyl (C=O) groups is 2. The summed E-state index contributed by atoms with van der Waals surface area (Å²) >= 11 is 0. The molecule has 2 amide bonds. The van der Waals surface area contributed by atoms with Crippen molar-refractivity contribution in [2.24, 2.45) is 0 Å². The van der Waals surface area contributed by atoms with Gasteiger partial charge in [-0.3, -0.25) is 0 Å². The summed E-state index contributed by atoms with van der Waals surface area (Å²) in [5.74, 6) is -1.12. The Morgan fingerprint density at radius 2 is 2.07 bits per heavy atom. The average Bonchev–Trinajstić information content (AvgIpc) is 2.84. The lowest BCUT2D eigenvalue weighted by molar-refractivity contribution is -0.140. The first-order valence-corrected chi connectivity index (χ1v) is 4.42. The molecule has 0 heterocycles. The molecule has 1 saturated carbocycles. The van der Waals surface area contributed by atoms with Crippen LogP contribution in [0, 0.1) is 0 Å². The predicted octanol–water partition coefficient (Wildman–Crippen LogP) is 0.510. The molecule has 0 bridgehead atoms. The summed E-state index contributed by atoms with van der Waals surface area (Å²) in [6, 6.07) is -0.782. The first kappa shape index (κ1) is 11.7. The molecule has 1 aliphatic carbocycles. The van der Waals surface area contributed by atoms with Crippen molar-refractivity contribution in [2.75, 3.05) is 13.6 Å². The zero-order valence-corrected chi connectivity index (χ0v) is 8.17. The van der Waals surface area contributed by atoms with E-state index >= 15 is 0 Å². The number of hydrogen-bond acceptors (Lipinski definition) is 2. The molecule has 15 heavy (non-hydrogen) atoms. The van der Waals surface area contributed by atoms with Crippen LogP contribution in [0.5, 0.6) is 0 Å². The Morgan fingerprint density at radius 1 is 1.53 bits per heavy atom. The molecule has 0 aliphatic heterocycles. The fourth-order valence-corrected chi connectivity index (χ4v) is 1.11. The number of rotatable bonds is 4. The largest absolute Gasteiger partial charge is 0.480 e. The minimum atomic E-state index is -2.62. The molecule has 0 aromatic carbocycles. The summed E-state index contributed by atoms with van der Waals surface area (Å²) in [6.45, 7) is -0.707. The Morgan fingerprint density at radius 3 is 2.40 bits per heavy atom.